The average molecular weight is 601 g/mol. The number of aryl methyl sites for hydroxylation is 1. The van der Waals surface area contributed by atoms with Crippen molar-refractivity contribution in [2.45, 2.75) is 56.7 Å². The molecular formula is C32H36N6O6. The molecule has 0 radical (unpaired) electrons. The lowest BCUT2D eigenvalue weighted by atomic mass is 10.1. The van der Waals surface area contributed by atoms with E-state index >= 15 is 0 Å². The summed E-state index contributed by atoms with van der Waals surface area (Å²) in [4.78, 5) is 56.4. The molecule has 4 heterocycles. The van der Waals surface area contributed by atoms with Crippen molar-refractivity contribution in [3.05, 3.63) is 54.4 Å². The maximum Gasteiger partial charge on any atom is 0.330 e. The van der Waals surface area contributed by atoms with Gasteiger partial charge in [-0.3, -0.25) is 9.78 Å². The predicted molar refractivity (Wildman–Crippen MR) is 161 cm³/mol. The molecule has 6 rings (SSSR count). The Hall–Kier alpha value is -4.74. The van der Waals surface area contributed by atoms with E-state index in [0.29, 0.717) is 41.3 Å². The summed E-state index contributed by atoms with van der Waals surface area (Å²) < 4.78 is 12.1. The molecule has 12 heteroatoms. The fraction of sp³-hybridized carbons (Fsp3) is 0.438. The number of rotatable bonds is 5. The molecule has 2 aromatic heterocycles. The third-order valence-corrected chi connectivity index (χ3v) is 8.84. The summed E-state index contributed by atoms with van der Waals surface area (Å²) >= 11 is 0. The Morgan fingerprint density at radius 1 is 1.14 bits per heavy atom. The molecule has 44 heavy (non-hydrogen) atoms. The lowest BCUT2D eigenvalue weighted by molar-refractivity contribution is -0.144. The smallest absolute Gasteiger partial charge is 0.330 e. The number of aromatic nitrogens is 3. The normalized spacial score (nSPS) is 26.3. The summed E-state index contributed by atoms with van der Waals surface area (Å²) in [6.45, 7) is 2.59. The van der Waals surface area contributed by atoms with Crippen molar-refractivity contribution < 1.29 is 29.0 Å². The molecule has 3 amide bonds. The third kappa shape index (κ3) is 5.40. The molecule has 4 unspecified atom stereocenters. The van der Waals surface area contributed by atoms with Gasteiger partial charge in [0.15, 0.2) is 5.82 Å². The second-order valence-electron chi connectivity index (χ2n) is 11.7. The van der Waals surface area contributed by atoms with Crippen LogP contribution in [0, 0.1) is 12.8 Å². The van der Waals surface area contributed by atoms with E-state index < -0.39 is 29.6 Å². The number of carboxylic acids is 1. The lowest BCUT2D eigenvalue weighted by Crippen LogP contribution is -2.54. The SMILES string of the molecule is COc1ccc2c(OC3CC4C(=O)NC5(C(=O)O)CC5/C=C/CCCCN(C)C(=O)N4C3)nc(-c3ccncc3)nc2c1C. The third-order valence-electron chi connectivity index (χ3n) is 8.84. The van der Waals surface area contributed by atoms with Crippen molar-refractivity contribution >= 4 is 28.8 Å². The summed E-state index contributed by atoms with van der Waals surface area (Å²) in [6.07, 6.45) is 9.54. The van der Waals surface area contributed by atoms with E-state index in [4.69, 9.17) is 19.4 Å². The van der Waals surface area contributed by atoms with Crippen LogP contribution in [0.1, 0.15) is 37.7 Å². The Balaban J connectivity index is 1.34. The van der Waals surface area contributed by atoms with Gasteiger partial charge in [0.2, 0.25) is 11.8 Å². The molecule has 1 aromatic carbocycles. The number of nitrogens with zero attached hydrogens (tertiary/aromatic N) is 5. The van der Waals surface area contributed by atoms with E-state index in [1.807, 2.05) is 43.3 Å². The van der Waals surface area contributed by atoms with E-state index in [9.17, 15) is 19.5 Å². The van der Waals surface area contributed by atoms with Crippen LogP contribution in [-0.4, -0.2) is 92.7 Å². The van der Waals surface area contributed by atoms with Crippen LogP contribution in [0.5, 0.6) is 11.6 Å². The van der Waals surface area contributed by atoms with Gasteiger partial charge < -0.3 is 29.7 Å². The highest BCUT2D eigenvalue weighted by Gasteiger charge is 2.61. The number of urea groups is 1. The number of benzene rings is 1. The average Bonchev–Trinajstić information content (AvgIpc) is 3.56. The zero-order chi connectivity index (χ0) is 31.0. The fourth-order valence-corrected chi connectivity index (χ4v) is 6.18. The van der Waals surface area contributed by atoms with Crippen molar-refractivity contribution in [3.63, 3.8) is 0 Å². The van der Waals surface area contributed by atoms with Crippen molar-refractivity contribution in [1.82, 2.24) is 30.1 Å². The molecule has 2 N–H and O–H groups in total. The molecule has 3 aromatic rings. The minimum atomic E-state index is -1.36. The summed E-state index contributed by atoms with van der Waals surface area (Å²) in [5.74, 6) is -0.433. The Morgan fingerprint density at radius 3 is 2.68 bits per heavy atom. The van der Waals surface area contributed by atoms with Gasteiger partial charge in [0.25, 0.3) is 0 Å². The Bertz CT molecular complexity index is 1630. The molecule has 2 aliphatic heterocycles. The molecule has 0 bridgehead atoms. The molecule has 12 nitrogen and oxygen atoms in total. The zero-order valence-electron chi connectivity index (χ0n) is 25.0. The summed E-state index contributed by atoms with van der Waals surface area (Å²) in [6, 6.07) is 6.07. The predicted octanol–water partition coefficient (Wildman–Crippen LogP) is 3.58. The highest BCUT2D eigenvalue weighted by Crippen LogP contribution is 2.45. The number of carboxylic acid groups (broad SMARTS) is 1. The minimum absolute atomic E-state index is 0.135. The van der Waals surface area contributed by atoms with Crippen molar-refractivity contribution in [3.8, 4) is 23.0 Å². The first-order chi connectivity index (χ1) is 21.2. The molecule has 230 valence electrons. The number of ether oxygens (including phenoxy) is 2. The first kappa shape index (κ1) is 29.3. The van der Waals surface area contributed by atoms with Crippen LogP contribution in [0.2, 0.25) is 0 Å². The van der Waals surface area contributed by atoms with Gasteiger partial charge in [0.05, 0.1) is 24.6 Å². The number of nitrogens with one attached hydrogen (secondary N) is 1. The number of hydrogen-bond donors (Lipinski definition) is 2. The van der Waals surface area contributed by atoms with Gasteiger partial charge in [-0.25, -0.2) is 14.6 Å². The maximum absolute atomic E-state index is 13.7. The topological polar surface area (TPSA) is 147 Å². The number of hydrogen-bond acceptors (Lipinski definition) is 8. The number of amides is 3. The monoisotopic (exact) mass is 600 g/mol. The van der Waals surface area contributed by atoms with Crippen LogP contribution in [0.3, 0.4) is 0 Å². The van der Waals surface area contributed by atoms with Gasteiger partial charge in [0.1, 0.15) is 23.4 Å². The molecule has 2 fully saturated rings. The van der Waals surface area contributed by atoms with Gasteiger partial charge >= 0.3 is 12.0 Å². The first-order valence-electron chi connectivity index (χ1n) is 14.9. The highest BCUT2D eigenvalue weighted by molar-refractivity contribution is 5.95. The van der Waals surface area contributed by atoms with E-state index in [0.717, 1.165) is 30.4 Å². The number of allylic oxidation sites excluding steroid dienone is 1. The van der Waals surface area contributed by atoms with E-state index in [1.54, 1.807) is 31.5 Å². The zero-order valence-corrected chi connectivity index (χ0v) is 25.0. The first-order valence-corrected chi connectivity index (χ1v) is 14.9. The maximum atomic E-state index is 13.7. The molecular weight excluding hydrogens is 564 g/mol. The highest BCUT2D eigenvalue weighted by atomic mass is 16.5. The number of pyridine rings is 1. The van der Waals surface area contributed by atoms with Gasteiger partial charge in [-0.15, -0.1) is 0 Å². The second-order valence-corrected chi connectivity index (χ2v) is 11.7. The van der Waals surface area contributed by atoms with Gasteiger partial charge in [-0.1, -0.05) is 12.2 Å². The van der Waals surface area contributed by atoms with Crippen LogP contribution in [0.4, 0.5) is 4.79 Å². The van der Waals surface area contributed by atoms with Crippen LogP contribution in [-0.2, 0) is 9.59 Å². The standard InChI is InChI=1S/C32H36N6O6/c1-19-25(43-3)10-9-23-26(19)34-27(20-11-13-33-14-12-20)35-29(23)44-22-16-24-28(39)36-32(30(40)41)17-21(32)8-6-4-5-7-15-37(2)31(42)38(24)18-22/h6,8-14,21-22,24H,4-5,7,15-18H2,1-3H3,(H,36,39)(H,40,41)/b8-6+. The van der Waals surface area contributed by atoms with Crippen LogP contribution in [0.25, 0.3) is 22.3 Å². The molecule has 1 saturated heterocycles. The number of carbonyl (C=O) groups is 3. The van der Waals surface area contributed by atoms with Crippen LogP contribution >= 0.6 is 0 Å². The molecule has 1 saturated carbocycles. The van der Waals surface area contributed by atoms with Crippen LogP contribution in [0.15, 0.2) is 48.8 Å². The summed E-state index contributed by atoms with van der Waals surface area (Å²) in [5, 5.41) is 13.5. The van der Waals surface area contributed by atoms with Crippen LogP contribution < -0.4 is 14.8 Å². The van der Waals surface area contributed by atoms with Crippen molar-refractivity contribution in [2.75, 3.05) is 27.2 Å². The quantitative estimate of drug-likeness (QED) is 0.420. The Kier molecular flexibility index (Phi) is 7.83. The Labute approximate surface area is 255 Å². The molecule has 4 atom stereocenters. The number of aliphatic carboxylic acids is 1. The van der Waals surface area contributed by atoms with E-state index in [-0.39, 0.29) is 24.9 Å². The van der Waals surface area contributed by atoms with Crippen molar-refractivity contribution in [1.29, 1.82) is 0 Å². The minimum Gasteiger partial charge on any atom is -0.496 e. The fourth-order valence-electron chi connectivity index (χ4n) is 6.18. The van der Waals surface area contributed by atoms with Gasteiger partial charge in [-0.2, -0.15) is 4.98 Å². The summed E-state index contributed by atoms with van der Waals surface area (Å²) in [7, 11) is 3.32. The van der Waals surface area contributed by atoms with Gasteiger partial charge in [-0.05, 0) is 56.9 Å². The molecule has 0 spiro atoms. The largest absolute Gasteiger partial charge is 0.496 e. The van der Waals surface area contributed by atoms with E-state index in [2.05, 4.69) is 10.3 Å². The second kappa shape index (κ2) is 11.7. The van der Waals surface area contributed by atoms with E-state index in [1.165, 1.54) is 4.90 Å². The molecule has 1 aliphatic carbocycles. The number of fused-ring (bicyclic) bond motifs is 3. The molecule has 3 aliphatic rings. The van der Waals surface area contributed by atoms with Crippen molar-refractivity contribution in [2.24, 2.45) is 5.92 Å². The lowest BCUT2D eigenvalue weighted by Gasteiger charge is -2.29. The van der Waals surface area contributed by atoms with Gasteiger partial charge in [0, 0.05) is 49.5 Å². The number of carbonyl (C=O) groups excluding carboxylic acids is 2. The summed E-state index contributed by atoms with van der Waals surface area (Å²) in [5.41, 5.74) is 0.859. The Morgan fingerprint density at radius 2 is 1.93 bits per heavy atom. The number of methoxy groups -OCH3 is 1.